The van der Waals surface area contributed by atoms with Crippen LogP contribution in [0.25, 0.3) is 17.0 Å². The highest BCUT2D eigenvalue weighted by Crippen LogP contribution is 2.29. The van der Waals surface area contributed by atoms with Gasteiger partial charge in [0, 0.05) is 18.5 Å². The molecule has 7 heteroatoms. The summed E-state index contributed by atoms with van der Waals surface area (Å²) in [5.41, 5.74) is 4.48. The number of aryl methyl sites for hydroxylation is 1. The van der Waals surface area contributed by atoms with Crippen molar-refractivity contribution in [2.45, 2.75) is 20.3 Å². The lowest BCUT2D eigenvalue weighted by Gasteiger charge is -2.16. The second-order valence-electron chi connectivity index (χ2n) is 7.81. The SMILES string of the molecule is CCOC(=O)N1CC(CO)=C(c2cccc(OCCc3nc(-c4ccccc4)oc3C)c2)C1. The van der Waals surface area contributed by atoms with Crippen molar-refractivity contribution in [3.05, 3.63) is 77.2 Å². The predicted octanol–water partition coefficient (Wildman–Crippen LogP) is 4.49. The Labute approximate surface area is 193 Å². The van der Waals surface area contributed by atoms with Crippen LogP contribution >= 0.6 is 0 Å². The molecule has 0 aliphatic carbocycles. The first-order chi connectivity index (χ1) is 16.1. The Balaban J connectivity index is 1.40. The molecule has 0 radical (unpaired) electrons. The molecule has 1 N–H and O–H groups in total. The Morgan fingerprint density at radius 3 is 2.67 bits per heavy atom. The van der Waals surface area contributed by atoms with E-state index >= 15 is 0 Å². The summed E-state index contributed by atoms with van der Waals surface area (Å²) in [6, 6.07) is 17.5. The number of carbonyl (C=O) groups is 1. The van der Waals surface area contributed by atoms with Gasteiger partial charge in [0.1, 0.15) is 11.5 Å². The number of carbonyl (C=O) groups excluding carboxylic acids is 1. The minimum absolute atomic E-state index is 0.106. The third kappa shape index (κ3) is 5.26. The van der Waals surface area contributed by atoms with Gasteiger partial charge < -0.3 is 19.0 Å². The number of rotatable bonds is 8. The van der Waals surface area contributed by atoms with E-state index < -0.39 is 0 Å². The Morgan fingerprint density at radius 2 is 1.91 bits per heavy atom. The minimum Gasteiger partial charge on any atom is -0.493 e. The molecule has 0 unspecified atom stereocenters. The first kappa shape index (κ1) is 22.6. The summed E-state index contributed by atoms with van der Waals surface area (Å²) in [7, 11) is 0. The topological polar surface area (TPSA) is 85.0 Å². The second-order valence-corrected chi connectivity index (χ2v) is 7.81. The van der Waals surface area contributed by atoms with Crippen molar-refractivity contribution in [3.8, 4) is 17.2 Å². The molecule has 2 aromatic carbocycles. The molecule has 172 valence electrons. The monoisotopic (exact) mass is 448 g/mol. The van der Waals surface area contributed by atoms with Gasteiger partial charge in [-0.1, -0.05) is 30.3 Å². The number of nitrogens with zero attached hydrogens (tertiary/aromatic N) is 2. The van der Waals surface area contributed by atoms with Crippen LogP contribution in [-0.4, -0.2) is 54.0 Å². The number of ether oxygens (including phenoxy) is 2. The van der Waals surface area contributed by atoms with Gasteiger partial charge in [0.15, 0.2) is 0 Å². The molecule has 7 nitrogen and oxygen atoms in total. The van der Waals surface area contributed by atoms with E-state index in [9.17, 15) is 9.90 Å². The van der Waals surface area contributed by atoms with Gasteiger partial charge in [0.2, 0.25) is 5.89 Å². The Morgan fingerprint density at radius 1 is 1.12 bits per heavy atom. The normalized spacial score (nSPS) is 13.5. The standard InChI is InChI=1S/C26H28N2O5/c1-3-31-26(30)28-15-21(17-29)23(16-28)20-10-7-11-22(14-20)32-13-12-24-18(2)33-25(27-24)19-8-5-4-6-9-19/h4-11,14,29H,3,12-13,15-17H2,1-2H3. The molecule has 0 fully saturated rings. The number of aliphatic hydroxyl groups excluding tert-OH is 1. The molecule has 0 bridgehead atoms. The zero-order chi connectivity index (χ0) is 23.2. The number of aliphatic hydroxyl groups is 1. The summed E-state index contributed by atoms with van der Waals surface area (Å²) in [5, 5.41) is 9.79. The Bertz CT molecular complexity index is 1140. The molecule has 2 heterocycles. The van der Waals surface area contributed by atoms with E-state index in [1.54, 1.807) is 11.8 Å². The fourth-order valence-corrected chi connectivity index (χ4v) is 3.87. The summed E-state index contributed by atoms with van der Waals surface area (Å²) < 4.78 is 16.9. The molecule has 0 saturated heterocycles. The Kier molecular flexibility index (Phi) is 7.10. The molecule has 0 spiro atoms. The lowest BCUT2D eigenvalue weighted by Crippen LogP contribution is -2.30. The number of amides is 1. The van der Waals surface area contributed by atoms with Gasteiger partial charge in [-0.05, 0) is 54.8 Å². The lowest BCUT2D eigenvalue weighted by molar-refractivity contribution is 0.117. The van der Waals surface area contributed by atoms with Crippen molar-refractivity contribution >= 4 is 11.7 Å². The van der Waals surface area contributed by atoms with E-state index in [0.717, 1.165) is 39.5 Å². The minimum atomic E-state index is -0.372. The smallest absolute Gasteiger partial charge is 0.410 e. The average molecular weight is 449 g/mol. The number of oxazole rings is 1. The molecular formula is C26H28N2O5. The van der Waals surface area contributed by atoms with Crippen LogP contribution in [0.1, 0.15) is 23.9 Å². The first-order valence-electron chi connectivity index (χ1n) is 11.1. The van der Waals surface area contributed by atoms with Crippen LogP contribution in [0.4, 0.5) is 4.79 Å². The van der Waals surface area contributed by atoms with Gasteiger partial charge in [-0.15, -0.1) is 0 Å². The molecule has 0 atom stereocenters. The highest BCUT2D eigenvalue weighted by Gasteiger charge is 2.27. The fraction of sp³-hybridized carbons (Fsp3) is 0.308. The van der Waals surface area contributed by atoms with Crippen LogP contribution < -0.4 is 4.74 Å². The van der Waals surface area contributed by atoms with E-state index in [1.807, 2.05) is 61.5 Å². The lowest BCUT2D eigenvalue weighted by atomic mass is 10.0. The number of benzene rings is 2. The summed E-state index contributed by atoms with van der Waals surface area (Å²) in [6.07, 6.45) is 0.247. The maximum Gasteiger partial charge on any atom is 0.410 e. The highest BCUT2D eigenvalue weighted by molar-refractivity contribution is 5.80. The first-order valence-corrected chi connectivity index (χ1v) is 11.1. The number of hydrogen-bond donors (Lipinski definition) is 1. The van der Waals surface area contributed by atoms with Crippen LogP contribution in [0.2, 0.25) is 0 Å². The fourth-order valence-electron chi connectivity index (χ4n) is 3.87. The van der Waals surface area contributed by atoms with Crippen molar-refractivity contribution in [2.24, 2.45) is 0 Å². The summed E-state index contributed by atoms with van der Waals surface area (Å²) in [6.45, 7) is 5.12. The number of aromatic nitrogens is 1. The van der Waals surface area contributed by atoms with Gasteiger partial charge >= 0.3 is 6.09 Å². The molecule has 4 rings (SSSR count). The third-order valence-corrected chi connectivity index (χ3v) is 5.58. The van der Waals surface area contributed by atoms with E-state index in [1.165, 1.54) is 0 Å². The van der Waals surface area contributed by atoms with Crippen molar-refractivity contribution in [1.82, 2.24) is 9.88 Å². The van der Waals surface area contributed by atoms with Gasteiger partial charge in [-0.2, -0.15) is 0 Å². The van der Waals surface area contributed by atoms with Crippen molar-refractivity contribution in [3.63, 3.8) is 0 Å². The summed E-state index contributed by atoms with van der Waals surface area (Å²) in [5.74, 6) is 2.12. The van der Waals surface area contributed by atoms with E-state index in [4.69, 9.17) is 13.9 Å². The zero-order valence-electron chi connectivity index (χ0n) is 18.9. The van der Waals surface area contributed by atoms with Gasteiger partial charge in [0.05, 0.1) is 32.1 Å². The largest absolute Gasteiger partial charge is 0.493 e. The van der Waals surface area contributed by atoms with Crippen LogP contribution in [0.5, 0.6) is 5.75 Å². The van der Waals surface area contributed by atoms with Crippen LogP contribution in [0.3, 0.4) is 0 Å². The van der Waals surface area contributed by atoms with Crippen LogP contribution in [0, 0.1) is 6.92 Å². The molecule has 1 aromatic heterocycles. The van der Waals surface area contributed by atoms with Crippen molar-refractivity contribution in [2.75, 3.05) is 32.9 Å². The third-order valence-electron chi connectivity index (χ3n) is 5.58. The molecule has 1 amide bonds. The summed E-state index contributed by atoms with van der Waals surface area (Å²) >= 11 is 0. The molecule has 33 heavy (non-hydrogen) atoms. The molecule has 3 aromatic rings. The molecule has 1 aliphatic rings. The molecule has 1 aliphatic heterocycles. The van der Waals surface area contributed by atoms with E-state index in [2.05, 4.69) is 4.98 Å². The molecular weight excluding hydrogens is 420 g/mol. The van der Waals surface area contributed by atoms with Gasteiger partial charge in [-0.3, -0.25) is 4.90 Å². The maximum absolute atomic E-state index is 12.1. The van der Waals surface area contributed by atoms with E-state index in [0.29, 0.717) is 38.6 Å². The Hall–Kier alpha value is -3.58. The highest BCUT2D eigenvalue weighted by atomic mass is 16.6. The predicted molar refractivity (Wildman–Crippen MR) is 125 cm³/mol. The van der Waals surface area contributed by atoms with Crippen LogP contribution in [-0.2, 0) is 11.2 Å². The quantitative estimate of drug-likeness (QED) is 0.547. The molecule has 0 saturated carbocycles. The van der Waals surface area contributed by atoms with Crippen molar-refractivity contribution in [1.29, 1.82) is 0 Å². The van der Waals surface area contributed by atoms with Crippen molar-refractivity contribution < 1.29 is 23.8 Å². The summed E-state index contributed by atoms with van der Waals surface area (Å²) in [4.78, 5) is 18.3. The van der Waals surface area contributed by atoms with Crippen LogP contribution in [0.15, 0.2) is 64.6 Å². The average Bonchev–Trinajstić information content (AvgIpc) is 3.44. The zero-order valence-corrected chi connectivity index (χ0v) is 18.9. The maximum atomic E-state index is 12.1. The van der Waals surface area contributed by atoms with E-state index in [-0.39, 0.29) is 12.7 Å². The number of hydrogen-bond acceptors (Lipinski definition) is 6. The van der Waals surface area contributed by atoms with Gasteiger partial charge in [-0.25, -0.2) is 9.78 Å². The van der Waals surface area contributed by atoms with Gasteiger partial charge in [0.25, 0.3) is 0 Å². The second kappa shape index (κ2) is 10.4.